The first-order valence-corrected chi connectivity index (χ1v) is 17.2. The van der Waals surface area contributed by atoms with E-state index in [-0.39, 0.29) is 22.1 Å². The standard InChI is InChI=1S/C35H39N5O6S/c1-37(2)33(41)31-8-7-19-39(31)35(29-21-25(10-16-32(29)46-4)23-38-17-5-6-18-38)28-20-24(22-36)9-15-30(28)40(34(35)42)47(43,44)27-13-11-26(45-3)12-14-27/h9-16,20-21,31H,5-8,17-19,23H2,1-4H3/t31?,35-/m0/s1. The third-order valence-electron chi connectivity index (χ3n) is 9.49. The van der Waals surface area contributed by atoms with Crippen LogP contribution in [0.2, 0.25) is 0 Å². The zero-order chi connectivity index (χ0) is 33.5. The van der Waals surface area contributed by atoms with Crippen LogP contribution in [-0.4, -0.2) is 88.9 Å². The summed E-state index contributed by atoms with van der Waals surface area (Å²) in [7, 11) is 1.85. The van der Waals surface area contributed by atoms with Gasteiger partial charge < -0.3 is 14.4 Å². The van der Waals surface area contributed by atoms with Gasteiger partial charge in [-0.25, -0.2) is 12.7 Å². The lowest BCUT2D eigenvalue weighted by atomic mass is 9.79. The van der Waals surface area contributed by atoms with Crippen molar-refractivity contribution in [3.05, 3.63) is 82.9 Å². The molecule has 6 rings (SSSR count). The van der Waals surface area contributed by atoms with Crippen molar-refractivity contribution in [1.29, 1.82) is 5.26 Å². The topological polar surface area (TPSA) is 123 Å². The Morgan fingerprint density at radius 1 is 0.957 bits per heavy atom. The fourth-order valence-electron chi connectivity index (χ4n) is 7.29. The molecule has 3 aliphatic rings. The lowest BCUT2D eigenvalue weighted by Gasteiger charge is -2.42. The minimum atomic E-state index is -4.48. The second kappa shape index (κ2) is 12.6. The summed E-state index contributed by atoms with van der Waals surface area (Å²) in [6.07, 6.45) is 3.29. The first kappa shape index (κ1) is 32.5. The van der Waals surface area contributed by atoms with E-state index >= 15 is 4.79 Å². The number of fused-ring (bicyclic) bond motifs is 1. The smallest absolute Gasteiger partial charge is 0.271 e. The van der Waals surface area contributed by atoms with Gasteiger partial charge in [0.2, 0.25) is 5.91 Å². The first-order chi connectivity index (χ1) is 22.6. The van der Waals surface area contributed by atoms with Crippen molar-refractivity contribution in [3.8, 4) is 17.6 Å². The van der Waals surface area contributed by atoms with Crippen molar-refractivity contribution < 1.29 is 27.5 Å². The average molecular weight is 658 g/mol. The van der Waals surface area contributed by atoms with Gasteiger partial charge in [0.05, 0.1) is 42.5 Å². The van der Waals surface area contributed by atoms with E-state index in [1.54, 1.807) is 20.2 Å². The molecule has 3 aliphatic heterocycles. The minimum absolute atomic E-state index is 0.102. The summed E-state index contributed by atoms with van der Waals surface area (Å²) in [5.41, 5.74) is 0.254. The number of carbonyl (C=O) groups is 2. The van der Waals surface area contributed by atoms with Gasteiger partial charge in [0, 0.05) is 38.3 Å². The number of nitrogens with zero attached hydrogens (tertiary/aromatic N) is 5. The van der Waals surface area contributed by atoms with Crippen LogP contribution in [0.4, 0.5) is 5.69 Å². The number of anilines is 1. The number of ether oxygens (including phenoxy) is 2. The van der Waals surface area contributed by atoms with Crippen molar-refractivity contribution in [3.63, 3.8) is 0 Å². The van der Waals surface area contributed by atoms with Gasteiger partial charge in [-0.1, -0.05) is 6.07 Å². The van der Waals surface area contributed by atoms with Gasteiger partial charge in [-0.15, -0.1) is 0 Å². The van der Waals surface area contributed by atoms with Crippen LogP contribution in [0.5, 0.6) is 11.5 Å². The molecule has 3 heterocycles. The molecule has 0 aromatic heterocycles. The highest BCUT2D eigenvalue weighted by atomic mass is 32.2. The molecule has 2 atom stereocenters. The van der Waals surface area contributed by atoms with Crippen LogP contribution in [0.1, 0.15) is 47.9 Å². The monoisotopic (exact) mass is 657 g/mol. The molecule has 0 saturated carbocycles. The van der Waals surface area contributed by atoms with Crippen LogP contribution < -0.4 is 13.8 Å². The summed E-state index contributed by atoms with van der Waals surface area (Å²) in [6.45, 7) is 2.89. The zero-order valence-corrected chi connectivity index (χ0v) is 27.9. The lowest BCUT2D eigenvalue weighted by Crippen LogP contribution is -2.59. The maximum Gasteiger partial charge on any atom is 0.271 e. The number of hydrogen-bond acceptors (Lipinski definition) is 9. The Balaban J connectivity index is 1.65. The van der Waals surface area contributed by atoms with Crippen molar-refractivity contribution in [2.75, 3.05) is 52.3 Å². The van der Waals surface area contributed by atoms with E-state index in [1.165, 1.54) is 55.5 Å². The number of nitriles is 1. The molecule has 0 bridgehead atoms. The summed E-state index contributed by atoms with van der Waals surface area (Å²) in [4.78, 5) is 34.8. The number of sulfonamides is 1. The molecule has 3 aromatic rings. The second-order valence-corrected chi connectivity index (χ2v) is 14.2. The normalized spacial score (nSPS) is 21.5. The number of carbonyl (C=O) groups excluding carboxylic acids is 2. The molecule has 0 aliphatic carbocycles. The molecule has 2 amide bonds. The van der Waals surface area contributed by atoms with Crippen LogP contribution in [0, 0.1) is 11.3 Å². The third kappa shape index (κ3) is 5.32. The fraction of sp³-hybridized carbons (Fsp3) is 0.400. The summed E-state index contributed by atoms with van der Waals surface area (Å²) in [6, 6.07) is 17.6. The summed E-state index contributed by atoms with van der Waals surface area (Å²) in [5.74, 6) is -0.111. The number of likely N-dealkylation sites (N-methyl/N-ethyl adjacent to an activating group) is 1. The molecule has 12 heteroatoms. The number of rotatable bonds is 9. The Bertz CT molecular complexity index is 1850. The quantitative estimate of drug-likeness (QED) is 0.339. The Hall–Kier alpha value is -4.44. The Kier molecular flexibility index (Phi) is 8.74. The SMILES string of the molecule is COc1ccc(S(=O)(=O)N2C(=O)[C@](c3cc(CN4CCCC4)ccc3OC)(N3CCCC3C(=O)N(C)C)c3cc(C#N)ccc32)cc1. The van der Waals surface area contributed by atoms with Crippen LogP contribution >= 0.6 is 0 Å². The molecule has 47 heavy (non-hydrogen) atoms. The maximum atomic E-state index is 15.5. The molecule has 2 saturated heterocycles. The molecule has 1 unspecified atom stereocenters. The highest BCUT2D eigenvalue weighted by Gasteiger charge is 2.63. The number of benzene rings is 3. The van der Waals surface area contributed by atoms with Crippen molar-refractivity contribution in [1.82, 2.24) is 14.7 Å². The van der Waals surface area contributed by atoms with E-state index in [4.69, 9.17) is 9.47 Å². The van der Waals surface area contributed by atoms with Crippen LogP contribution in [-0.2, 0) is 31.7 Å². The predicted octanol–water partition coefficient (Wildman–Crippen LogP) is 3.70. The van der Waals surface area contributed by atoms with Gasteiger partial charge >= 0.3 is 0 Å². The first-order valence-electron chi connectivity index (χ1n) is 15.7. The van der Waals surface area contributed by atoms with Gasteiger partial charge in [-0.05, 0) is 98.9 Å². The van der Waals surface area contributed by atoms with E-state index in [1.807, 2.05) is 23.1 Å². The second-order valence-electron chi connectivity index (χ2n) is 12.4. The molecule has 0 spiro atoms. The van der Waals surface area contributed by atoms with E-state index in [2.05, 4.69) is 11.0 Å². The summed E-state index contributed by atoms with van der Waals surface area (Å²) < 4.78 is 41.1. The molecule has 0 radical (unpaired) electrons. The van der Waals surface area contributed by atoms with E-state index < -0.39 is 27.5 Å². The molecule has 3 aromatic carbocycles. The highest BCUT2D eigenvalue weighted by Crippen LogP contribution is 2.55. The molecule has 0 N–H and O–H groups in total. The number of hydrogen-bond donors (Lipinski definition) is 0. The summed E-state index contributed by atoms with van der Waals surface area (Å²) >= 11 is 0. The lowest BCUT2D eigenvalue weighted by molar-refractivity contribution is -0.138. The Morgan fingerprint density at radius 2 is 1.68 bits per heavy atom. The van der Waals surface area contributed by atoms with E-state index in [9.17, 15) is 18.5 Å². The Labute approximate surface area is 275 Å². The van der Waals surface area contributed by atoms with Crippen molar-refractivity contribution in [2.24, 2.45) is 0 Å². The summed E-state index contributed by atoms with van der Waals surface area (Å²) in [5, 5.41) is 10.0. The molecular formula is C35H39N5O6S. The molecule has 2 fully saturated rings. The van der Waals surface area contributed by atoms with Crippen LogP contribution in [0.3, 0.4) is 0 Å². The van der Waals surface area contributed by atoms with Crippen molar-refractivity contribution >= 4 is 27.5 Å². The fourth-order valence-corrected chi connectivity index (χ4v) is 8.75. The molecular weight excluding hydrogens is 618 g/mol. The molecule has 246 valence electrons. The number of methoxy groups -OCH3 is 2. The van der Waals surface area contributed by atoms with E-state index in [0.29, 0.717) is 48.6 Å². The number of amides is 2. The van der Waals surface area contributed by atoms with Gasteiger partial charge in [0.25, 0.3) is 15.9 Å². The number of likely N-dealkylation sites (tertiary alicyclic amines) is 2. The van der Waals surface area contributed by atoms with Gasteiger partial charge in [0.15, 0.2) is 5.54 Å². The van der Waals surface area contributed by atoms with Gasteiger partial charge in [0.1, 0.15) is 11.5 Å². The van der Waals surface area contributed by atoms with E-state index in [0.717, 1.165) is 35.8 Å². The van der Waals surface area contributed by atoms with Gasteiger partial charge in [-0.3, -0.25) is 19.4 Å². The predicted molar refractivity (Wildman–Crippen MR) is 176 cm³/mol. The van der Waals surface area contributed by atoms with Crippen molar-refractivity contribution in [2.45, 2.75) is 48.7 Å². The zero-order valence-electron chi connectivity index (χ0n) is 27.1. The van der Waals surface area contributed by atoms with Gasteiger partial charge in [-0.2, -0.15) is 5.26 Å². The van der Waals surface area contributed by atoms with Crippen LogP contribution in [0.15, 0.2) is 65.6 Å². The Morgan fingerprint density at radius 3 is 2.32 bits per heavy atom. The average Bonchev–Trinajstić information content (AvgIpc) is 3.83. The molecule has 11 nitrogen and oxygen atoms in total. The highest BCUT2D eigenvalue weighted by molar-refractivity contribution is 7.93. The largest absolute Gasteiger partial charge is 0.497 e. The van der Waals surface area contributed by atoms with Crippen LogP contribution in [0.25, 0.3) is 0 Å². The third-order valence-corrected chi connectivity index (χ3v) is 11.2. The minimum Gasteiger partial charge on any atom is -0.497 e. The maximum absolute atomic E-state index is 15.5.